The number of amides is 1. The number of nitrogens with zero attached hydrogens (tertiary/aromatic N) is 3. The van der Waals surface area contributed by atoms with Crippen LogP contribution < -0.4 is 5.32 Å². The van der Waals surface area contributed by atoms with E-state index in [1.54, 1.807) is 4.68 Å². The Hall–Kier alpha value is -1.40. The lowest BCUT2D eigenvalue weighted by Gasteiger charge is -2.33. The molecule has 24 heavy (non-hydrogen) atoms. The van der Waals surface area contributed by atoms with Crippen LogP contribution in [0, 0.1) is 0 Å². The summed E-state index contributed by atoms with van der Waals surface area (Å²) in [6.45, 7) is 7.27. The van der Waals surface area contributed by atoms with Gasteiger partial charge in [0.05, 0.1) is 18.8 Å². The van der Waals surface area contributed by atoms with E-state index in [1.165, 1.54) is 19.3 Å². The summed E-state index contributed by atoms with van der Waals surface area (Å²) in [5.41, 5.74) is 0.908. The molecule has 0 atom stereocenters. The summed E-state index contributed by atoms with van der Waals surface area (Å²) in [6, 6.07) is 2.35. The van der Waals surface area contributed by atoms with Crippen LogP contribution in [0.2, 0.25) is 0 Å². The van der Waals surface area contributed by atoms with E-state index >= 15 is 0 Å². The van der Waals surface area contributed by atoms with E-state index < -0.39 is 0 Å². The van der Waals surface area contributed by atoms with Crippen molar-refractivity contribution in [2.75, 3.05) is 25.0 Å². The van der Waals surface area contributed by atoms with Crippen molar-refractivity contribution in [3.63, 3.8) is 0 Å². The van der Waals surface area contributed by atoms with Gasteiger partial charge in [-0.05, 0) is 12.8 Å². The fraction of sp³-hybridized carbons (Fsp3) is 0.778. The molecular weight excluding hydrogens is 304 g/mol. The number of rotatable bonds is 6. The van der Waals surface area contributed by atoms with Crippen LogP contribution in [0.4, 0.5) is 5.82 Å². The smallest absolute Gasteiger partial charge is 0.239 e. The second-order valence-electron chi connectivity index (χ2n) is 7.82. The lowest BCUT2D eigenvalue weighted by molar-refractivity contribution is -0.118. The van der Waals surface area contributed by atoms with E-state index in [9.17, 15) is 9.90 Å². The number of aliphatic hydroxyl groups is 1. The van der Waals surface area contributed by atoms with Gasteiger partial charge in [0.15, 0.2) is 0 Å². The Morgan fingerprint density at radius 3 is 2.58 bits per heavy atom. The van der Waals surface area contributed by atoms with Crippen LogP contribution in [0.3, 0.4) is 0 Å². The summed E-state index contributed by atoms with van der Waals surface area (Å²) < 4.78 is 1.72. The molecule has 0 aromatic carbocycles. The van der Waals surface area contributed by atoms with E-state index in [1.807, 2.05) is 13.1 Å². The molecule has 0 aliphatic heterocycles. The van der Waals surface area contributed by atoms with Gasteiger partial charge in [-0.15, -0.1) is 0 Å². The molecule has 1 saturated carbocycles. The fourth-order valence-corrected chi connectivity index (χ4v) is 3.28. The zero-order chi connectivity index (χ0) is 17.7. The van der Waals surface area contributed by atoms with E-state index in [4.69, 9.17) is 0 Å². The van der Waals surface area contributed by atoms with Crippen molar-refractivity contribution < 1.29 is 9.90 Å². The van der Waals surface area contributed by atoms with Crippen LogP contribution in [-0.4, -0.2) is 51.4 Å². The van der Waals surface area contributed by atoms with Gasteiger partial charge in [0.1, 0.15) is 5.82 Å². The normalized spacial score (nSPS) is 16.6. The minimum absolute atomic E-state index is 0.0440. The number of hydrogen-bond acceptors (Lipinski definition) is 4. The lowest BCUT2D eigenvalue weighted by atomic mass is 9.92. The van der Waals surface area contributed by atoms with Crippen molar-refractivity contribution >= 4 is 11.7 Å². The highest BCUT2D eigenvalue weighted by Gasteiger charge is 2.24. The highest BCUT2D eigenvalue weighted by atomic mass is 16.3. The summed E-state index contributed by atoms with van der Waals surface area (Å²) in [5, 5.41) is 16.8. The maximum Gasteiger partial charge on any atom is 0.239 e. The van der Waals surface area contributed by atoms with Gasteiger partial charge >= 0.3 is 0 Å². The quantitative estimate of drug-likeness (QED) is 0.836. The first-order valence-corrected chi connectivity index (χ1v) is 9.00. The standard InChI is InChI=1S/C18H32N4O2/c1-18(2,3)15-12-16(21(4)20-15)19-17(24)13-22(10-11-23)14-8-6-5-7-9-14/h12,14,23H,5-11,13H2,1-4H3,(H,19,24). The SMILES string of the molecule is Cn1nc(C(C)(C)C)cc1NC(=O)CN(CCO)C1CCCCC1. The third kappa shape index (κ3) is 5.05. The zero-order valence-electron chi connectivity index (χ0n) is 15.5. The number of nitrogens with one attached hydrogen (secondary N) is 1. The number of aliphatic hydroxyl groups excluding tert-OH is 1. The second kappa shape index (κ2) is 8.12. The van der Waals surface area contributed by atoms with Gasteiger partial charge in [-0.1, -0.05) is 40.0 Å². The molecule has 1 aromatic heterocycles. The number of aryl methyl sites for hydroxylation is 1. The van der Waals surface area contributed by atoms with Crippen LogP contribution in [0.1, 0.15) is 58.6 Å². The predicted octanol–water partition coefficient (Wildman–Crippen LogP) is 2.28. The van der Waals surface area contributed by atoms with Crippen LogP contribution in [0.25, 0.3) is 0 Å². The summed E-state index contributed by atoms with van der Waals surface area (Å²) >= 11 is 0. The van der Waals surface area contributed by atoms with Crippen molar-refractivity contribution in [2.24, 2.45) is 7.05 Å². The van der Waals surface area contributed by atoms with Crippen molar-refractivity contribution in [2.45, 2.75) is 64.3 Å². The van der Waals surface area contributed by atoms with Crippen LogP contribution in [0.5, 0.6) is 0 Å². The Bertz CT molecular complexity index is 542. The maximum atomic E-state index is 12.5. The molecule has 1 amide bonds. The first kappa shape index (κ1) is 18.9. The van der Waals surface area contributed by atoms with Crippen LogP contribution in [0.15, 0.2) is 6.07 Å². The van der Waals surface area contributed by atoms with Gasteiger partial charge in [-0.25, -0.2) is 0 Å². The highest BCUT2D eigenvalue weighted by molar-refractivity contribution is 5.91. The Labute approximate surface area is 145 Å². The molecule has 136 valence electrons. The minimum atomic E-state index is -0.0498. The van der Waals surface area contributed by atoms with E-state index in [0.717, 1.165) is 24.4 Å². The average molecular weight is 336 g/mol. The van der Waals surface area contributed by atoms with E-state index in [0.29, 0.717) is 19.1 Å². The Morgan fingerprint density at radius 2 is 2.04 bits per heavy atom. The molecule has 0 bridgehead atoms. The Kier molecular flexibility index (Phi) is 6.40. The predicted molar refractivity (Wildman–Crippen MR) is 96.1 cm³/mol. The summed E-state index contributed by atoms with van der Waals surface area (Å²) in [4.78, 5) is 14.6. The number of anilines is 1. The van der Waals surface area contributed by atoms with Crippen molar-refractivity contribution in [3.8, 4) is 0 Å². The Morgan fingerprint density at radius 1 is 1.38 bits per heavy atom. The maximum absolute atomic E-state index is 12.5. The second-order valence-corrected chi connectivity index (χ2v) is 7.82. The van der Waals surface area contributed by atoms with Gasteiger partial charge in [0.2, 0.25) is 5.91 Å². The molecule has 1 fully saturated rings. The molecule has 2 N–H and O–H groups in total. The van der Waals surface area contributed by atoms with Gasteiger partial charge < -0.3 is 10.4 Å². The average Bonchev–Trinajstić information content (AvgIpc) is 2.89. The molecule has 0 spiro atoms. The minimum Gasteiger partial charge on any atom is -0.395 e. The first-order valence-electron chi connectivity index (χ1n) is 9.00. The van der Waals surface area contributed by atoms with Crippen molar-refractivity contribution in [1.29, 1.82) is 0 Å². The largest absolute Gasteiger partial charge is 0.395 e. The molecular formula is C18H32N4O2. The number of carbonyl (C=O) groups excluding carboxylic acids is 1. The fourth-order valence-electron chi connectivity index (χ4n) is 3.28. The third-order valence-electron chi connectivity index (χ3n) is 4.74. The van der Waals surface area contributed by atoms with Gasteiger partial charge in [0.25, 0.3) is 0 Å². The van der Waals surface area contributed by atoms with Gasteiger partial charge in [0, 0.05) is 31.1 Å². The zero-order valence-corrected chi connectivity index (χ0v) is 15.5. The summed E-state index contributed by atoms with van der Waals surface area (Å²) in [7, 11) is 1.84. The molecule has 2 rings (SSSR count). The first-order chi connectivity index (χ1) is 11.3. The number of aromatic nitrogens is 2. The molecule has 1 aliphatic carbocycles. The molecule has 1 aromatic rings. The summed E-state index contributed by atoms with van der Waals surface area (Å²) in [6.07, 6.45) is 5.94. The molecule has 1 aliphatic rings. The van der Waals surface area contributed by atoms with Crippen molar-refractivity contribution in [1.82, 2.24) is 14.7 Å². The van der Waals surface area contributed by atoms with E-state index in [-0.39, 0.29) is 17.9 Å². The van der Waals surface area contributed by atoms with Crippen LogP contribution >= 0.6 is 0 Å². The monoisotopic (exact) mass is 336 g/mol. The van der Waals surface area contributed by atoms with Crippen LogP contribution in [-0.2, 0) is 17.3 Å². The summed E-state index contributed by atoms with van der Waals surface area (Å²) in [5.74, 6) is 0.676. The van der Waals surface area contributed by atoms with E-state index in [2.05, 4.69) is 36.1 Å². The number of carbonyl (C=O) groups is 1. The van der Waals surface area contributed by atoms with Gasteiger partial charge in [-0.3, -0.25) is 14.4 Å². The molecule has 0 radical (unpaired) electrons. The molecule has 0 unspecified atom stereocenters. The Balaban J connectivity index is 1.99. The molecule has 6 nitrogen and oxygen atoms in total. The molecule has 1 heterocycles. The highest BCUT2D eigenvalue weighted by Crippen LogP contribution is 2.24. The van der Waals surface area contributed by atoms with Crippen molar-refractivity contribution in [3.05, 3.63) is 11.8 Å². The third-order valence-corrected chi connectivity index (χ3v) is 4.74. The number of hydrogen-bond donors (Lipinski definition) is 2. The topological polar surface area (TPSA) is 70.4 Å². The molecule has 0 saturated heterocycles. The molecule has 6 heteroatoms. The van der Waals surface area contributed by atoms with Gasteiger partial charge in [-0.2, -0.15) is 5.10 Å². The lowest BCUT2D eigenvalue weighted by Crippen LogP contribution is -2.43.